The maximum Gasteiger partial charge on any atom is 0.255 e. The van der Waals surface area contributed by atoms with Crippen LogP contribution >= 0.6 is 0 Å². The SMILES string of the molecule is Cc1ccc(-c2nc3cc(NC(=O)c4ccc5c(c4)OCO5)ccc3o2)cc1. The van der Waals surface area contributed by atoms with Gasteiger partial charge in [-0.1, -0.05) is 17.7 Å². The Morgan fingerprint density at radius 3 is 2.64 bits per heavy atom. The van der Waals surface area contributed by atoms with E-state index in [1.54, 1.807) is 36.4 Å². The van der Waals surface area contributed by atoms with Crippen molar-refractivity contribution in [1.29, 1.82) is 0 Å². The molecule has 6 nitrogen and oxygen atoms in total. The van der Waals surface area contributed by atoms with Crippen molar-refractivity contribution in [3.63, 3.8) is 0 Å². The molecule has 1 aromatic heterocycles. The standard InChI is InChI=1S/C22H16N2O4/c1-13-2-4-14(5-3-13)22-24-17-11-16(7-9-18(17)28-22)23-21(25)15-6-8-19-20(10-15)27-12-26-19/h2-11H,12H2,1H3,(H,23,25). The Morgan fingerprint density at radius 2 is 1.79 bits per heavy atom. The van der Waals surface area contributed by atoms with Gasteiger partial charge < -0.3 is 19.2 Å². The van der Waals surface area contributed by atoms with Gasteiger partial charge in [-0.3, -0.25) is 4.79 Å². The average Bonchev–Trinajstić information content (AvgIpc) is 3.34. The van der Waals surface area contributed by atoms with E-state index >= 15 is 0 Å². The van der Waals surface area contributed by atoms with E-state index in [0.29, 0.717) is 39.7 Å². The van der Waals surface area contributed by atoms with Crippen LogP contribution in [0.4, 0.5) is 5.69 Å². The summed E-state index contributed by atoms with van der Waals surface area (Å²) in [6.07, 6.45) is 0. The number of nitrogens with zero attached hydrogens (tertiary/aromatic N) is 1. The summed E-state index contributed by atoms with van der Waals surface area (Å²) < 4.78 is 16.4. The van der Waals surface area contributed by atoms with Gasteiger partial charge in [-0.05, 0) is 55.5 Å². The van der Waals surface area contributed by atoms with Crippen molar-refractivity contribution in [2.45, 2.75) is 6.92 Å². The molecule has 0 bridgehead atoms. The molecule has 0 spiro atoms. The molecule has 0 fully saturated rings. The highest BCUT2D eigenvalue weighted by atomic mass is 16.7. The number of fused-ring (bicyclic) bond motifs is 2. The third kappa shape index (κ3) is 2.95. The highest BCUT2D eigenvalue weighted by Gasteiger charge is 2.17. The van der Waals surface area contributed by atoms with E-state index in [0.717, 1.165) is 5.56 Å². The molecule has 1 N–H and O–H groups in total. The lowest BCUT2D eigenvalue weighted by Gasteiger charge is -2.05. The van der Waals surface area contributed by atoms with Crippen molar-refractivity contribution in [3.05, 3.63) is 71.8 Å². The number of anilines is 1. The Hall–Kier alpha value is -3.80. The molecule has 0 saturated heterocycles. The third-order valence-electron chi connectivity index (χ3n) is 4.58. The molecule has 4 aromatic rings. The van der Waals surface area contributed by atoms with Crippen LogP contribution in [0.5, 0.6) is 11.5 Å². The molecule has 0 radical (unpaired) electrons. The number of rotatable bonds is 3. The Balaban J connectivity index is 1.40. The minimum atomic E-state index is -0.236. The van der Waals surface area contributed by atoms with E-state index in [2.05, 4.69) is 10.3 Å². The van der Waals surface area contributed by atoms with Crippen molar-refractivity contribution < 1.29 is 18.7 Å². The molecule has 6 heteroatoms. The molecule has 0 unspecified atom stereocenters. The number of aromatic nitrogens is 1. The number of aryl methyl sites for hydroxylation is 1. The lowest BCUT2D eigenvalue weighted by Crippen LogP contribution is -2.11. The summed E-state index contributed by atoms with van der Waals surface area (Å²) in [4.78, 5) is 17.1. The summed E-state index contributed by atoms with van der Waals surface area (Å²) in [6, 6.07) is 18.5. The first-order valence-electron chi connectivity index (χ1n) is 8.84. The first-order valence-corrected chi connectivity index (χ1v) is 8.84. The van der Waals surface area contributed by atoms with E-state index in [1.165, 1.54) is 5.56 Å². The summed E-state index contributed by atoms with van der Waals surface area (Å²) >= 11 is 0. The number of hydrogen-bond acceptors (Lipinski definition) is 5. The zero-order chi connectivity index (χ0) is 19.1. The first-order chi connectivity index (χ1) is 13.7. The molecule has 1 amide bonds. The zero-order valence-corrected chi connectivity index (χ0v) is 15.1. The molecule has 28 heavy (non-hydrogen) atoms. The highest BCUT2D eigenvalue weighted by Crippen LogP contribution is 2.33. The van der Waals surface area contributed by atoms with Crippen molar-refractivity contribution in [2.75, 3.05) is 12.1 Å². The summed E-state index contributed by atoms with van der Waals surface area (Å²) in [5, 5.41) is 2.88. The second-order valence-electron chi connectivity index (χ2n) is 6.59. The second kappa shape index (κ2) is 6.42. The lowest BCUT2D eigenvalue weighted by molar-refractivity contribution is 0.102. The molecular formula is C22H16N2O4. The molecule has 5 rings (SSSR count). The van der Waals surface area contributed by atoms with Gasteiger partial charge >= 0.3 is 0 Å². The van der Waals surface area contributed by atoms with Gasteiger partial charge in [0.2, 0.25) is 12.7 Å². The summed E-state index contributed by atoms with van der Waals surface area (Å²) in [5.74, 6) is 1.53. The van der Waals surface area contributed by atoms with Crippen LogP contribution in [-0.2, 0) is 0 Å². The summed E-state index contributed by atoms with van der Waals surface area (Å²) in [6.45, 7) is 2.21. The van der Waals surface area contributed by atoms with Crippen LogP contribution in [-0.4, -0.2) is 17.7 Å². The van der Waals surface area contributed by atoms with Crippen LogP contribution in [0.1, 0.15) is 15.9 Å². The highest BCUT2D eigenvalue weighted by molar-refractivity contribution is 6.05. The number of nitrogens with one attached hydrogen (secondary N) is 1. The van der Waals surface area contributed by atoms with Gasteiger partial charge in [0.1, 0.15) is 5.52 Å². The predicted molar refractivity (Wildman–Crippen MR) is 105 cm³/mol. The minimum Gasteiger partial charge on any atom is -0.454 e. The second-order valence-corrected chi connectivity index (χ2v) is 6.59. The van der Waals surface area contributed by atoms with Crippen molar-refractivity contribution in [2.24, 2.45) is 0 Å². The molecule has 2 heterocycles. The zero-order valence-electron chi connectivity index (χ0n) is 15.1. The molecule has 1 aliphatic rings. The van der Waals surface area contributed by atoms with Gasteiger partial charge in [-0.25, -0.2) is 4.98 Å². The molecule has 0 aliphatic carbocycles. The van der Waals surface area contributed by atoms with E-state index in [9.17, 15) is 4.79 Å². The summed E-state index contributed by atoms with van der Waals surface area (Å²) in [7, 11) is 0. The quantitative estimate of drug-likeness (QED) is 0.560. The number of carbonyl (C=O) groups excluding carboxylic acids is 1. The molecule has 1 aliphatic heterocycles. The predicted octanol–water partition coefficient (Wildman–Crippen LogP) is 4.78. The molecular weight excluding hydrogens is 356 g/mol. The normalized spacial score (nSPS) is 12.3. The van der Waals surface area contributed by atoms with Crippen LogP contribution in [0.25, 0.3) is 22.6 Å². The van der Waals surface area contributed by atoms with Gasteiger partial charge in [0.05, 0.1) is 0 Å². The largest absolute Gasteiger partial charge is 0.454 e. The number of benzene rings is 3. The van der Waals surface area contributed by atoms with E-state index in [-0.39, 0.29) is 12.7 Å². The topological polar surface area (TPSA) is 73.6 Å². The van der Waals surface area contributed by atoms with Gasteiger partial charge in [0.25, 0.3) is 5.91 Å². The van der Waals surface area contributed by atoms with Gasteiger partial charge in [-0.2, -0.15) is 0 Å². The third-order valence-corrected chi connectivity index (χ3v) is 4.58. The van der Waals surface area contributed by atoms with E-state index in [4.69, 9.17) is 13.9 Å². The van der Waals surface area contributed by atoms with Crippen LogP contribution < -0.4 is 14.8 Å². The van der Waals surface area contributed by atoms with Crippen LogP contribution in [0, 0.1) is 6.92 Å². The molecule has 138 valence electrons. The maximum absolute atomic E-state index is 12.6. The van der Waals surface area contributed by atoms with Gasteiger partial charge in [-0.15, -0.1) is 0 Å². The number of oxazole rings is 1. The van der Waals surface area contributed by atoms with Gasteiger partial charge in [0, 0.05) is 16.8 Å². The Kier molecular flexibility index (Phi) is 3.76. The van der Waals surface area contributed by atoms with Crippen molar-refractivity contribution in [1.82, 2.24) is 4.98 Å². The number of ether oxygens (including phenoxy) is 2. The monoisotopic (exact) mass is 372 g/mol. The molecule has 0 atom stereocenters. The van der Waals surface area contributed by atoms with Crippen molar-refractivity contribution in [3.8, 4) is 23.0 Å². The van der Waals surface area contributed by atoms with Crippen LogP contribution in [0.2, 0.25) is 0 Å². The fourth-order valence-corrected chi connectivity index (χ4v) is 3.07. The molecule has 3 aromatic carbocycles. The Labute approximate surface area is 160 Å². The van der Waals surface area contributed by atoms with Gasteiger partial charge in [0.15, 0.2) is 17.1 Å². The lowest BCUT2D eigenvalue weighted by atomic mass is 10.1. The number of amides is 1. The average molecular weight is 372 g/mol. The Morgan fingerprint density at radius 1 is 0.964 bits per heavy atom. The first kappa shape index (κ1) is 16.4. The number of carbonyl (C=O) groups is 1. The number of hydrogen-bond donors (Lipinski definition) is 1. The Bertz CT molecular complexity index is 1200. The van der Waals surface area contributed by atoms with Crippen LogP contribution in [0.3, 0.4) is 0 Å². The summed E-state index contributed by atoms with van der Waals surface area (Å²) in [5.41, 5.74) is 4.56. The smallest absolute Gasteiger partial charge is 0.255 e. The maximum atomic E-state index is 12.6. The molecule has 0 saturated carbocycles. The van der Waals surface area contributed by atoms with E-state index < -0.39 is 0 Å². The fourth-order valence-electron chi connectivity index (χ4n) is 3.07. The van der Waals surface area contributed by atoms with Crippen LogP contribution in [0.15, 0.2) is 65.1 Å². The van der Waals surface area contributed by atoms with Crippen molar-refractivity contribution >= 4 is 22.7 Å². The van der Waals surface area contributed by atoms with E-state index in [1.807, 2.05) is 31.2 Å². The minimum absolute atomic E-state index is 0.173. The fraction of sp³-hybridized carbons (Fsp3) is 0.0909.